The molecule has 59 heavy (non-hydrogen) atoms. The Balaban J connectivity index is 1.04. The summed E-state index contributed by atoms with van der Waals surface area (Å²) in [6, 6.07) is 65.4. The van der Waals surface area contributed by atoms with Crippen molar-refractivity contribution in [2.45, 2.75) is 37.5 Å². The Bertz CT molecular complexity index is 3210. The van der Waals surface area contributed by atoms with Gasteiger partial charge in [0.25, 0.3) is 0 Å². The Morgan fingerprint density at radius 3 is 1.58 bits per heavy atom. The van der Waals surface area contributed by atoms with E-state index in [2.05, 4.69) is 162 Å². The predicted molar refractivity (Wildman–Crippen MR) is 243 cm³/mol. The molecule has 0 N–H and O–H groups in total. The first kappa shape index (κ1) is 33.9. The second-order valence-corrected chi connectivity index (χ2v) is 16.2. The van der Waals surface area contributed by atoms with E-state index in [4.69, 9.17) is 15.0 Å². The summed E-state index contributed by atoms with van der Waals surface area (Å²) >= 11 is 0. The topological polar surface area (TPSA) is 43.6 Å². The second-order valence-electron chi connectivity index (χ2n) is 16.2. The lowest BCUT2D eigenvalue weighted by Crippen LogP contribution is -2.28. The Hall–Kier alpha value is -7.17. The molecule has 0 amide bonds. The number of aromatic nitrogens is 4. The molecule has 280 valence electrons. The lowest BCUT2D eigenvalue weighted by atomic mass is 9.66. The van der Waals surface area contributed by atoms with Crippen LogP contribution in [-0.2, 0) is 5.41 Å². The highest BCUT2D eigenvalue weighted by Gasteiger charge is 2.46. The molecule has 0 unspecified atom stereocenters. The third-order valence-electron chi connectivity index (χ3n) is 13.0. The summed E-state index contributed by atoms with van der Waals surface area (Å²) < 4.78 is 2.51. The van der Waals surface area contributed by atoms with Crippen LogP contribution in [0.3, 0.4) is 0 Å². The average molecular weight is 757 g/mol. The molecular weight excluding hydrogens is 717 g/mol. The van der Waals surface area contributed by atoms with Gasteiger partial charge in [0.15, 0.2) is 17.5 Å². The Kier molecular flexibility index (Phi) is 7.74. The van der Waals surface area contributed by atoms with Crippen molar-refractivity contribution in [3.63, 3.8) is 0 Å². The Morgan fingerprint density at radius 1 is 0.407 bits per heavy atom. The molecule has 0 saturated heterocycles. The Labute approximate surface area is 343 Å². The maximum absolute atomic E-state index is 5.11. The van der Waals surface area contributed by atoms with Crippen molar-refractivity contribution in [3.8, 4) is 62.1 Å². The first-order valence-corrected chi connectivity index (χ1v) is 20.9. The van der Waals surface area contributed by atoms with Crippen molar-refractivity contribution in [3.05, 3.63) is 193 Å². The van der Waals surface area contributed by atoms with Crippen LogP contribution in [0.5, 0.6) is 0 Å². The van der Waals surface area contributed by atoms with E-state index in [1.807, 2.05) is 24.3 Å². The van der Waals surface area contributed by atoms with Crippen LogP contribution in [0.15, 0.2) is 182 Å². The van der Waals surface area contributed by atoms with Gasteiger partial charge in [0.05, 0.1) is 11.0 Å². The molecule has 4 nitrogen and oxygen atoms in total. The second kappa shape index (κ2) is 13.5. The highest BCUT2D eigenvalue weighted by Crippen LogP contribution is 2.61. The van der Waals surface area contributed by atoms with Crippen molar-refractivity contribution in [1.29, 1.82) is 0 Å². The van der Waals surface area contributed by atoms with E-state index in [1.54, 1.807) is 5.56 Å². The van der Waals surface area contributed by atoms with Crippen LogP contribution < -0.4 is 0 Å². The molecule has 10 aromatic rings. The van der Waals surface area contributed by atoms with E-state index in [0.717, 1.165) is 27.9 Å². The minimum atomic E-state index is 0.0139. The maximum Gasteiger partial charge on any atom is 0.164 e. The fraction of sp³-hybridized carbons (Fsp3) is 0.109. The van der Waals surface area contributed by atoms with Gasteiger partial charge in [-0.3, -0.25) is 0 Å². The van der Waals surface area contributed by atoms with Crippen molar-refractivity contribution in [2.24, 2.45) is 0 Å². The third kappa shape index (κ3) is 5.26. The molecule has 0 radical (unpaired) electrons. The number of fused-ring (bicyclic) bond motifs is 12. The number of nitrogens with zero attached hydrogens (tertiary/aromatic N) is 4. The largest absolute Gasteiger partial charge is 0.309 e. The molecule has 1 spiro atoms. The highest BCUT2D eigenvalue weighted by atomic mass is 15.0. The van der Waals surface area contributed by atoms with Crippen LogP contribution in [0.4, 0.5) is 0 Å². The van der Waals surface area contributed by atoms with E-state index in [-0.39, 0.29) is 5.41 Å². The van der Waals surface area contributed by atoms with Gasteiger partial charge in [0.1, 0.15) is 0 Å². The van der Waals surface area contributed by atoms with Gasteiger partial charge in [0.2, 0.25) is 0 Å². The van der Waals surface area contributed by atoms with Gasteiger partial charge in [0, 0.05) is 44.0 Å². The number of para-hydroxylation sites is 1. The molecule has 0 aliphatic heterocycles. The van der Waals surface area contributed by atoms with E-state index in [0.29, 0.717) is 17.5 Å². The summed E-state index contributed by atoms with van der Waals surface area (Å²) in [5, 5.41) is 5.36. The van der Waals surface area contributed by atoms with E-state index < -0.39 is 0 Å². The minimum absolute atomic E-state index is 0.0139. The third-order valence-corrected chi connectivity index (χ3v) is 13.0. The summed E-state index contributed by atoms with van der Waals surface area (Å²) in [6.07, 6.45) is 6.20. The molecule has 1 fully saturated rings. The summed E-state index contributed by atoms with van der Waals surface area (Å²) in [6.45, 7) is 0. The van der Waals surface area contributed by atoms with Crippen LogP contribution in [0.25, 0.3) is 94.7 Å². The maximum atomic E-state index is 5.11. The van der Waals surface area contributed by atoms with Crippen molar-refractivity contribution < 1.29 is 0 Å². The SMILES string of the molecule is c1ccc(-c2ccc(-c3nc(-c4ccccc4)nc(-c4ccc(-n5c6ccccc6c6c7c(c8ccccc8c65)-c5ccccc5C75CCCCC5)cc4)n3)cc2)cc1. The monoisotopic (exact) mass is 756 g/mol. The van der Waals surface area contributed by atoms with E-state index >= 15 is 0 Å². The first-order valence-electron chi connectivity index (χ1n) is 20.9. The van der Waals surface area contributed by atoms with Gasteiger partial charge in [-0.2, -0.15) is 0 Å². The van der Waals surface area contributed by atoms with Gasteiger partial charge in [-0.15, -0.1) is 0 Å². The summed E-state index contributed by atoms with van der Waals surface area (Å²) in [5.41, 5.74) is 14.8. The molecule has 2 aliphatic rings. The standard InChI is InChI=1S/C55H40N4/c1-4-16-36(17-5-1)37-26-28-39(29-27-37)53-56-52(38-18-6-2-7-19-38)57-54(58-53)40-30-32-41(33-31-40)59-47-25-13-11-23-45(47)49-50-48(42-20-8-9-21-43(42)51(49)59)44-22-10-12-24-46(44)55(50)34-14-3-15-35-55/h1-2,4-13,16-33H,3,14-15,34-35H2. The fourth-order valence-electron chi connectivity index (χ4n) is 10.4. The molecule has 0 bridgehead atoms. The molecule has 2 aliphatic carbocycles. The summed E-state index contributed by atoms with van der Waals surface area (Å²) in [4.78, 5) is 15.2. The van der Waals surface area contributed by atoms with Crippen molar-refractivity contribution >= 4 is 32.6 Å². The van der Waals surface area contributed by atoms with E-state index in [1.165, 1.54) is 86.9 Å². The summed E-state index contributed by atoms with van der Waals surface area (Å²) in [7, 11) is 0. The molecular formula is C55H40N4. The zero-order valence-corrected chi connectivity index (χ0v) is 32.6. The van der Waals surface area contributed by atoms with Gasteiger partial charge in [-0.1, -0.05) is 171 Å². The molecule has 1 saturated carbocycles. The predicted octanol–water partition coefficient (Wildman–Crippen LogP) is 14.0. The molecule has 8 aromatic carbocycles. The summed E-state index contributed by atoms with van der Waals surface area (Å²) in [5.74, 6) is 1.95. The van der Waals surface area contributed by atoms with Gasteiger partial charge in [-0.05, 0) is 81.9 Å². The van der Waals surface area contributed by atoms with Gasteiger partial charge >= 0.3 is 0 Å². The number of hydrogen-bond acceptors (Lipinski definition) is 3. The van der Waals surface area contributed by atoms with Gasteiger partial charge in [-0.25, -0.2) is 15.0 Å². The zero-order chi connectivity index (χ0) is 38.9. The smallest absolute Gasteiger partial charge is 0.164 e. The molecule has 2 aromatic heterocycles. The van der Waals surface area contributed by atoms with Crippen molar-refractivity contribution in [1.82, 2.24) is 19.5 Å². The molecule has 2 heterocycles. The molecule has 4 heteroatoms. The highest BCUT2D eigenvalue weighted by molar-refractivity contribution is 6.25. The lowest BCUT2D eigenvalue weighted by Gasteiger charge is -2.36. The van der Waals surface area contributed by atoms with Crippen molar-refractivity contribution in [2.75, 3.05) is 0 Å². The zero-order valence-electron chi connectivity index (χ0n) is 32.6. The van der Waals surface area contributed by atoms with Gasteiger partial charge < -0.3 is 4.57 Å². The first-order chi connectivity index (χ1) is 29.2. The number of rotatable bonds is 5. The molecule has 12 rings (SSSR count). The van der Waals surface area contributed by atoms with Crippen LogP contribution in [0.2, 0.25) is 0 Å². The van der Waals surface area contributed by atoms with Crippen LogP contribution in [0, 0.1) is 0 Å². The quantitative estimate of drug-likeness (QED) is 0.176. The lowest BCUT2D eigenvalue weighted by molar-refractivity contribution is 0.355. The number of hydrogen-bond donors (Lipinski definition) is 0. The molecule has 0 atom stereocenters. The minimum Gasteiger partial charge on any atom is -0.309 e. The van der Waals surface area contributed by atoms with Crippen LogP contribution in [0.1, 0.15) is 43.2 Å². The Morgan fingerprint density at radius 2 is 0.898 bits per heavy atom. The fourth-order valence-corrected chi connectivity index (χ4v) is 10.4. The van der Waals surface area contributed by atoms with Crippen LogP contribution >= 0.6 is 0 Å². The normalized spacial score (nSPS) is 14.2. The average Bonchev–Trinajstić information content (AvgIpc) is 3.80. The number of benzene rings is 8. The van der Waals surface area contributed by atoms with Crippen LogP contribution in [-0.4, -0.2) is 19.5 Å². The van der Waals surface area contributed by atoms with E-state index in [9.17, 15) is 0 Å².